The Morgan fingerprint density at radius 3 is 2.69 bits per heavy atom. The van der Waals surface area contributed by atoms with Crippen LogP contribution >= 0.6 is 11.8 Å². The SMILES string of the molecule is CCCNC(CSC)CC1CCC1. The molecule has 0 aromatic heterocycles. The number of nitrogens with one attached hydrogen (secondary N) is 1. The van der Waals surface area contributed by atoms with Crippen LogP contribution < -0.4 is 5.32 Å². The van der Waals surface area contributed by atoms with Crippen molar-refractivity contribution in [2.45, 2.75) is 45.1 Å². The largest absolute Gasteiger partial charge is 0.313 e. The Labute approximate surface area is 87.1 Å². The summed E-state index contributed by atoms with van der Waals surface area (Å²) in [6.07, 6.45) is 9.33. The molecule has 1 rings (SSSR count). The van der Waals surface area contributed by atoms with Crippen LogP contribution in [0.2, 0.25) is 0 Å². The van der Waals surface area contributed by atoms with E-state index in [1.54, 1.807) is 0 Å². The van der Waals surface area contributed by atoms with Crippen LogP contribution in [0.4, 0.5) is 0 Å². The molecule has 1 aliphatic rings. The lowest BCUT2D eigenvalue weighted by atomic mass is 9.81. The van der Waals surface area contributed by atoms with Gasteiger partial charge in [-0.2, -0.15) is 11.8 Å². The maximum Gasteiger partial charge on any atom is 0.0160 e. The van der Waals surface area contributed by atoms with Crippen molar-refractivity contribution in [3.8, 4) is 0 Å². The fourth-order valence-corrected chi connectivity index (χ4v) is 2.55. The van der Waals surface area contributed by atoms with Crippen LogP contribution in [0, 0.1) is 5.92 Å². The third-order valence-corrected chi connectivity index (χ3v) is 3.63. The van der Waals surface area contributed by atoms with Crippen molar-refractivity contribution in [1.82, 2.24) is 5.32 Å². The minimum Gasteiger partial charge on any atom is -0.313 e. The summed E-state index contributed by atoms with van der Waals surface area (Å²) in [5.41, 5.74) is 0. The summed E-state index contributed by atoms with van der Waals surface area (Å²) in [6.45, 7) is 3.43. The summed E-state index contributed by atoms with van der Waals surface area (Å²) in [4.78, 5) is 0. The second kappa shape index (κ2) is 6.72. The van der Waals surface area contributed by atoms with E-state index in [1.165, 1.54) is 44.4 Å². The highest BCUT2D eigenvalue weighted by atomic mass is 32.2. The van der Waals surface area contributed by atoms with Gasteiger partial charge < -0.3 is 5.32 Å². The van der Waals surface area contributed by atoms with Crippen molar-refractivity contribution in [1.29, 1.82) is 0 Å². The van der Waals surface area contributed by atoms with E-state index in [9.17, 15) is 0 Å². The van der Waals surface area contributed by atoms with E-state index in [2.05, 4.69) is 18.5 Å². The first kappa shape index (κ1) is 11.4. The van der Waals surface area contributed by atoms with Crippen LogP contribution in [-0.4, -0.2) is 24.6 Å². The summed E-state index contributed by atoms with van der Waals surface area (Å²) in [7, 11) is 0. The highest BCUT2D eigenvalue weighted by Crippen LogP contribution is 2.30. The highest BCUT2D eigenvalue weighted by Gasteiger charge is 2.21. The minimum absolute atomic E-state index is 0.778. The van der Waals surface area contributed by atoms with Gasteiger partial charge in [-0.1, -0.05) is 26.2 Å². The molecule has 1 N–H and O–H groups in total. The fourth-order valence-electron chi connectivity index (χ4n) is 1.89. The maximum absolute atomic E-state index is 3.65. The van der Waals surface area contributed by atoms with Gasteiger partial charge in [-0.25, -0.2) is 0 Å². The van der Waals surface area contributed by atoms with Gasteiger partial charge >= 0.3 is 0 Å². The van der Waals surface area contributed by atoms with Gasteiger partial charge in [0.15, 0.2) is 0 Å². The molecule has 13 heavy (non-hydrogen) atoms. The van der Waals surface area contributed by atoms with Crippen molar-refractivity contribution >= 4 is 11.8 Å². The molecule has 1 fully saturated rings. The van der Waals surface area contributed by atoms with Crippen molar-refractivity contribution in [2.75, 3.05) is 18.6 Å². The van der Waals surface area contributed by atoms with Crippen molar-refractivity contribution < 1.29 is 0 Å². The molecule has 78 valence electrons. The normalized spacial score (nSPS) is 19.8. The van der Waals surface area contributed by atoms with Crippen molar-refractivity contribution in [3.05, 3.63) is 0 Å². The van der Waals surface area contributed by atoms with Crippen LogP contribution in [0.1, 0.15) is 39.0 Å². The van der Waals surface area contributed by atoms with E-state index < -0.39 is 0 Å². The Morgan fingerprint density at radius 1 is 1.46 bits per heavy atom. The third kappa shape index (κ3) is 4.37. The minimum atomic E-state index is 0.778. The molecule has 0 radical (unpaired) electrons. The van der Waals surface area contributed by atoms with Gasteiger partial charge in [-0.15, -0.1) is 0 Å². The first-order valence-electron chi connectivity index (χ1n) is 5.59. The lowest BCUT2D eigenvalue weighted by molar-refractivity contribution is 0.268. The second-order valence-corrected chi connectivity index (χ2v) is 5.05. The lowest BCUT2D eigenvalue weighted by Gasteiger charge is -2.30. The van der Waals surface area contributed by atoms with Gasteiger partial charge in [-0.3, -0.25) is 0 Å². The van der Waals surface area contributed by atoms with Gasteiger partial charge in [0.2, 0.25) is 0 Å². The van der Waals surface area contributed by atoms with E-state index >= 15 is 0 Å². The summed E-state index contributed by atoms with van der Waals surface area (Å²) in [6, 6.07) is 0.778. The zero-order chi connectivity index (χ0) is 9.52. The Morgan fingerprint density at radius 2 is 2.23 bits per heavy atom. The molecule has 0 saturated heterocycles. The number of hydrogen-bond donors (Lipinski definition) is 1. The molecule has 1 nitrogen and oxygen atoms in total. The Hall–Kier alpha value is 0.310. The van der Waals surface area contributed by atoms with Crippen LogP contribution in [-0.2, 0) is 0 Å². The van der Waals surface area contributed by atoms with E-state index in [4.69, 9.17) is 0 Å². The van der Waals surface area contributed by atoms with E-state index in [0.717, 1.165) is 12.0 Å². The van der Waals surface area contributed by atoms with Gasteiger partial charge in [0, 0.05) is 11.8 Å². The van der Waals surface area contributed by atoms with Gasteiger partial charge in [-0.05, 0) is 31.6 Å². The van der Waals surface area contributed by atoms with Crippen LogP contribution in [0.5, 0.6) is 0 Å². The molecule has 1 saturated carbocycles. The van der Waals surface area contributed by atoms with E-state index in [0.29, 0.717) is 0 Å². The predicted molar refractivity (Wildman–Crippen MR) is 62.4 cm³/mol. The van der Waals surface area contributed by atoms with Gasteiger partial charge in [0.25, 0.3) is 0 Å². The third-order valence-electron chi connectivity index (χ3n) is 2.89. The molecule has 0 amide bonds. The van der Waals surface area contributed by atoms with E-state index in [1.807, 2.05) is 11.8 Å². The smallest absolute Gasteiger partial charge is 0.0160 e. The first-order chi connectivity index (χ1) is 6.36. The molecule has 1 aliphatic carbocycles. The summed E-state index contributed by atoms with van der Waals surface area (Å²) in [5, 5.41) is 3.65. The molecule has 0 aliphatic heterocycles. The summed E-state index contributed by atoms with van der Waals surface area (Å²) in [5.74, 6) is 2.33. The standard InChI is InChI=1S/C11H23NS/c1-3-7-12-11(9-13-2)8-10-5-4-6-10/h10-12H,3-9H2,1-2H3. The molecule has 0 spiro atoms. The molecule has 1 unspecified atom stereocenters. The van der Waals surface area contributed by atoms with Crippen LogP contribution in [0.15, 0.2) is 0 Å². The molecule has 0 bridgehead atoms. The predicted octanol–water partition coefficient (Wildman–Crippen LogP) is 2.91. The fraction of sp³-hybridized carbons (Fsp3) is 1.00. The number of thioether (sulfide) groups is 1. The molecule has 1 atom stereocenters. The van der Waals surface area contributed by atoms with Crippen molar-refractivity contribution in [2.24, 2.45) is 5.92 Å². The average molecular weight is 201 g/mol. The zero-order valence-electron chi connectivity index (χ0n) is 9.01. The summed E-state index contributed by atoms with van der Waals surface area (Å²) < 4.78 is 0. The molecule has 0 aromatic carbocycles. The zero-order valence-corrected chi connectivity index (χ0v) is 9.83. The Bertz CT molecular complexity index is 123. The van der Waals surface area contributed by atoms with Crippen molar-refractivity contribution in [3.63, 3.8) is 0 Å². The van der Waals surface area contributed by atoms with E-state index in [-0.39, 0.29) is 0 Å². The lowest BCUT2D eigenvalue weighted by Crippen LogP contribution is -2.35. The highest BCUT2D eigenvalue weighted by molar-refractivity contribution is 7.98. The number of hydrogen-bond acceptors (Lipinski definition) is 2. The number of rotatable bonds is 7. The molecular weight excluding hydrogens is 178 g/mol. The average Bonchev–Trinajstić information content (AvgIpc) is 2.07. The molecule has 2 heteroatoms. The summed E-state index contributed by atoms with van der Waals surface area (Å²) >= 11 is 1.97. The molecule has 0 aromatic rings. The monoisotopic (exact) mass is 201 g/mol. The van der Waals surface area contributed by atoms with Crippen LogP contribution in [0.25, 0.3) is 0 Å². The topological polar surface area (TPSA) is 12.0 Å². The molecular formula is C11H23NS. The van der Waals surface area contributed by atoms with Gasteiger partial charge in [0.1, 0.15) is 0 Å². The maximum atomic E-state index is 3.65. The van der Waals surface area contributed by atoms with Crippen LogP contribution in [0.3, 0.4) is 0 Å². The Kier molecular flexibility index (Phi) is 5.88. The Balaban J connectivity index is 2.11. The quantitative estimate of drug-likeness (QED) is 0.680. The first-order valence-corrected chi connectivity index (χ1v) is 6.98. The molecule has 0 heterocycles. The second-order valence-electron chi connectivity index (χ2n) is 4.14. The van der Waals surface area contributed by atoms with Gasteiger partial charge in [0.05, 0.1) is 0 Å².